The van der Waals surface area contributed by atoms with Crippen molar-refractivity contribution < 1.29 is 0 Å². The molecular formula is C18H22N4. The van der Waals surface area contributed by atoms with E-state index in [0.29, 0.717) is 17.9 Å². The fourth-order valence-electron chi connectivity index (χ4n) is 2.77. The van der Waals surface area contributed by atoms with E-state index in [1.165, 1.54) is 17.6 Å². The monoisotopic (exact) mass is 294 g/mol. The van der Waals surface area contributed by atoms with Crippen molar-refractivity contribution in [3.8, 4) is 0 Å². The van der Waals surface area contributed by atoms with Gasteiger partial charge in [-0.3, -0.25) is 0 Å². The molecule has 0 aliphatic heterocycles. The standard InChI is InChI=1S/C18H22N4/c1-2-15(8-13-6-4-3-5-7-13)16-9-17(16)20-10-14-11-21-18(19)22-12-14/h3-8,11-12,16-17,20H,2,9-10H2,1H3,(H2,19,21,22). The molecule has 3 rings (SSSR count). The molecule has 3 N–H and O–H groups in total. The molecule has 2 aromatic rings. The Hall–Kier alpha value is -2.20. The number of nitrogens with zero attached hydrogens (tertiary/aromatic N) is 2. The van der Waals surface area contributed by atoms with Gasteiger partial charge in [0.1, 0.15) is 0 Å². The Bertz CT molecular complexity index is 634. The predicted molar refractivity (Wildman–Crippen MR) is 89.9 cm³/mol. The van der Waals surface area contributed by atoms with Gasteiger partial charge in [0, 0.05) is 30.5 Å². The van der Waals surface area contributed by atoms with E-state index in [0.717, 1.165) is 18.5 Å². The third-order valence-electron chi connectivity index (χ3n) is 4.12. The van der Waals surface area contributed by atoms with E-state index in [9.17, 15) is 0 Å². The second-order valence-corrected chi connectivity index (χ2v) is 5.76. The van der Waals surface area contributed by atoms with E-state index in [1.54, 1.807) is 12.4 Å². The van der Waals surface area contributed by atoms with Crippen LogP contribution in [0.25, 0.3) is 6.08 Å². The maximum Gasteiger partial charge on any atom is 0.219 e. The van der Waals surface area contributed by atoms with Crippen molar-refractivity contribution in [3.63, 3.8) is 0 Å². The van der Waals surface area contributed by atoms with Crippen LogP contribution >= 0.6 is 0 Å². The molecule has 22 heavy (non-hydrogen) atoms. The highest BCUT2D eigenvalue weighted by molar-refractivity contribution is 5.54. The van der Waals surface area contributed by atoms with E-state index in [2.05, 4.69) is 58.6 Å². The summed E-state index contributed by atoms with van der Waals surface area (Å²) < 4.78 is 0. The van der Waals surface area contributed by atoms with Crippen molar-refractivity contribution in [2.75, 3.05) is 5.73 Å². The summed E-state index contributed by atoms with van der Waals surface area (Å²) in [5.74, 6) is 0.979. The first-order chi connectivity index (χ1) is 10.8. The Balaban J connectivity index is 1.56. The average molecular weight is 294 g/mol. The first-order valence-corrected chi connectivity index (χ1v) is 7.81. The van der Waals surface area contributed by atoms with Gasteiger partial charge < -0.3 is 11.1 Å². The van der Waals surface area contributed by atoms with Gasteiger partial charge >= 0.3 is 0 Å². The van der Waals surface area contributed by atoms with Gasteiger partial charge in [-0.1, -0.05) is 48.9 Å². The molecule has 0 saturated heterocycles. The molecule has 0 spiro atoms. The number of nitrogens with two attached hydrogens (primary N) is 1. The third-order valence-corrected chi connectivity index (χ3v) is 4.12. The first-order valence-electron chi connectivity index (χ1n) is 7.81. The predicted octanol–water partition coefficient (Wildman–Crippen LogP) is 3.03. The summed E-state index contributed by atoms with van der Waals surface area (Å²) in [5, 5.41) is 3.58. The average Bonchev–Trinajstić information content (AvgIpc) is 3.32. The van der Waals surface area contributed by atoms with Gasteiger partial charge in [-0.25, -0.2) is 9.97 Å². The highest BCUT2D eigenvalue weighted by atomic mass is 15.0. The van der Waals surface area contributed by atoms with Crippen molar-refractivity contribution in [3.05, 3.63) is 59.4 Å². The molecule has 1 saturated carbocycles. The molecule has 1 fully saturated rings. The normalized spacial score (nSPS) is 20.9. The topological polar surface area (TPSA) is 63.8 Å². The molecule has 1 heterocycles. The molecule has 114 valence electrons. The van der Waals surface area contributed by atoms with E-state index in [1.807, 2.05) is 0 Å². The minimum absolute atomic E-state index is 0.326. The zero-order chi connectivity index (χ0) is 15.4. The molecule has 4 heteroatoms. The fourth-order valence-corrected chi connectivity index (χ4v) is 2.77. The van der Waals surface area contributed by atoms with Crippen LogP contribution in [0.1, 0.15) is 30.9 Å². The summed E-state index contributed by atoms with van der Waals surface area (Å²) in [6.45, 7) is 3.03. The summed E-state index contributed by atoms with van der Waals surface area (Å²) in [7, 11) is 0. The number of aromatic nitrogens is 2. The maximum absolute atomic E-state index is 5.50. The van der Waals surface area contributed by atoms with Crippen LogP contribution in [0, 0.1) is 5.92 Å². The maximum atomic E-state index is 5.50. The van der Waals surface area contributed by atoms with Crippen LogP contribution in [0.5, 0.6) is 0 Å². The number of rotatable bonds is 6. The van der Waals surface area contributed by atoms with E-state index >= 15 is 0 Å². The second-order valence-electron chi connectivity index (χ2n) is 5.76. The molecule has 0 radical (unpaired) electrons. The van der Waals surface area contributed by atoms with Crippen molar-refractivity contribution in [2.45, 2.75) is 32.4 Å². The van der Waals surface area contributed by atoms with Crippen LogP contribution in [-0.4, -0.2) is 16.0 Å². The van der Waals surface area contributed by atoms with Crippen molar-refractivity contribution in [1.82, 2.24) is 15.3 Å². The van der Waals surface area contributed by atoms with Gasteiger partial charge in [0.15, 0.2) is 0 Å². The lowest BCUT2D eigenvalue weighted by Gasteiger charge is -2.07. The summed E-state index contributed by atoms with van der Waals surface area (Å²) in [4.78, 5) is 8.04. The van der Waals surface area contributed by atoms with Gasteiger partial charge in [0.25, 0.3) is 0 Å². The largest absolute Gasteiger partial charge is 0.368 e. The highest BCUT2D eigenvalue weighted by Crippen LogP contribution is 2.39. The number of nitrogen functional groups attached to an aromatic ring is 1. The van der Waals surface area contributed by atoms with Crippen LogP contribution in [-0.2, 0) is 6.54 Å². The van der Waals surface area contributed by atoms with Crippen LogP contribution in [0.2, 0.25) is 0 Å². The second kappa shape index (κ2) is 6.71. The van der Waals surface area contributed by atoms with Crippen molar-refractivity contribution in [1.29, 1.82) is 0 Å². The number of hydrogen-bond donors (Lipinski definition) is 2. The zero-order valence-corrected chi connectivity index (χ0v) is 12.9. The SMILES string of the molecule is CCC(=Cc1ccccc1)C1CC1NCc1cnc(N)nc1. The molecule has 0 bridgehead atoms. The number of anilines is 1. The Morgan fingerprint density at radius 1 is 1.27 bits per heavy atom. The molecule has 0 amide bonds. The molecule has 1 aromatic carbocycles. The Labute approximate surface area is 131 Å². The lowest BCUT2D eigenvalue weighted by atomic mass is 10.0. The lowest BCUT2D eigenvalue weighted by molar-refractivity contribution is 0.652. The lowest BCUT2D eigenvalue weighted by Crippen LogP contribution is -2.18. The molecule has 2 atom stereocenters. The number of benzene rings is 1. The highest BCUT2D eigenvalue weighted by Gasteiger charge is 2.38. The first kappa shape index (κ1) is 14.7. The molecule has 1 aliphatic carbocycles. The van der Waals surface area contributed by atoms with Gasteiger partial charge in [-0.2, -0.15) is 0 Å². The van der Waals surface area contributed by atoms with Crippen LogP contribution in [0.4, 0.5) is 5.95 Å². The summed E-state index contributed by atoms with van der Waals surface area (Å²) in [6, 6.07) is 11.1. The van der Waals surface area contributed by atoms with Crippen molar-refractivity contribution >= 4 is 12.0 Å². The van der Waals surface area contributed by atoms with Gasteiger partial charge in [-0.05, 0) is 24.3 Å². The van der Waals surface area contributed by atoms with Crippen LogP contribution < -0.4 is 11.1 Å². The smallest absolute Gasteiger partial charge is 0.219 e. The number of nitrogens with one attached hydrogen (secondary N) is 1. The summed E-state index contributed by atoms with van der Waals surface area (Å²) in [6.07, 6.45) is 8.21. The van der Waals surface area contributed by atoms with Crippen LogP contribution in [0.15, 0.2) is 48.3 Å². The quantitative estimate of drug-likeness (QED) is 0.859. The minimum Gasteiger partial charge on any atom is -0.368 e. The van der Waals surface area contributed by atoms with Crippen LogP contribution in [0.3, 0.4) is 0 Å². The van der Waals surface area contributed by atoms with Gasteiger partial charge in [-0.15, -0.1) is 0 Å². The van der Waals surface area contributed by atoms with Gasteiger partial charge in [0.2, 0.25) is 5.95 Å². The van der Waals surface area contributed by atoms with E-state index in [4.69, 9.17) is 5.73 Å². The minimum atomic E-state index is 0.326. The van der Waals surface area contributed by atoms with Gasteiger partial charge in [0.05, 0.1) is 0 Å². The Morgan fingerprint density at radius 3 is 2.68 bits per heavy atom. The zero-order valence-electron chi connectivity index (χ0n) is 12.9. The third kappa shape index (κ3) is 3.71. The molecule has 1 aliphatic rings. The van der Waals surface area contributed by atoms with E-state index < -0.39 is 0 Å². The molecule has 4 nitrogen and oxygen atoms in total. The summed E-state index contributed by atoms with van der Waals surface area (Å²) in [5.41, 5.74) is 9.39. The Kier molecular flexibility index (Phi) is 4.49. The van der Waals surface area contributed by atoms with Crippen molar-refractivity contribution in [2.24, 2.45) is 5.92 Å². The Morgan fingerprint density at radius 2 is 2.00 bits per heavy atom. The fraction of sp³-hybridized carbons (Fsp3) is 0.333. The van der Waals surface area contributed by atoms with E-state index in [-0.39, 0.29) is 0 Å². The molecule has 1 aromatic heterocycles. The molecule has 2 unspecified atom stereocenters. The molecular weight excluding hydrogens is 272 g/mol. The number of hydrogen-bond acceptors (Lipinski definition) is 4. The summed E-state index contributed by atoms with van der Waals surface area (Å²) >= 11 is 0.